The van der Waals surface area contributed by atoms with Gasteiger partial charge in [0, 0.05) is 0 Å². The van der Waals surface area contributed by atoms with Gasteiger partial charge in [-0.25, -0.2) is 0 Å². The Labute approximate surface area is 258 Å². The number of rotatable bonds is 5. The van der Waals surface area contributed by atoms with E-state index in [-0.39, 0.29) is 5.41 Å². The molecule has 0 saturated carbocycles. The molecular formula is C41H31NSe. The van der Waals surface area contributed by atoms with Crippen LogP contribution in [0.15, 0.2) is 152 Å². The molecule has 7 aromatic carbocycles. The first-order valence-electron chi connectivity index (χ1n) is 14.9. The summed E-state index contributed by atoms with van der Waals surface area (Å²) >= 11 is 0.309. The van der Waals surface area contributed by atoms with E-state index < -0.39 is 0 Å². The standard InChI is InChI=1S/C41H31NSe/c1-41(2,30-11-5-3-6-12-30)31-20-22-33(23-21-31)42(32-13-7-4-8-14-32)34-24-26-35-29(27-34)18-17-28-19-25-37-36-15-9-10-16-38(36)43-40(37)39(28)35/h3-27H,1-2H3. The van der Waals surface area contributed by atoms with Crippen molar-refractivity contribution >= 4 is 72.4 Å². The fraction of sp³-hybridized carbons (Fsp3) is 0.0732. The second-order valence-electron chi connectivity index (χ2n) is 11.8. The SMILES string of the molecule is CC(C)(c1ccccc1)c1ccc(N(c2ccccc2)c2ccc3c(ccc4ccc5c6ccccc6[se]c5c43)c2)cc1. The van der Waals surface area contributed by atoms with Crippen LogP contribution in [0.2, 0.25) is 0 Å². The van der Waals surface area contributed by atoms with Crippen molar-refractivity contribution in [3.63, 3.8) is 0 Å². The Morgan fingerprint density at radius 3 is 1.84 bits per heavy atom. The Morgan fingerprint density at radius 2 is 1.05 bits per heavy atom. The number of hydrogen-bond acceptors (Lipinski definition) is 1. The van der Waals surface area contributed by atoms with Gasteiger partial charge in [-0.15, -0.1) is 0 Å². The molecule has 43 heavy (non-hydrogen) atoms. The number of hydrogen-bond donors (Lipinski definition) is 0. The first kappa shape index (κ1) is 26.0. The molecule has 0 fully saturated rings. The molecule has 0 amide bonds. The third kappa shape index (κ3) is 4.38. The van der Waals surface area contributed by atoms with Crippen molar-refractivity contribution in [2.75, 3.05) is 4.90 Å². The molecule has 0 atom stereocenters. The van der Waals surface area contributed by atoms with E-state index in [0.29, 0.717) is 14.5 Å². The Bertz CT molecular complexity index is 2240. The third-order valence-electron chi connectivity index (χ3n) is 8.94. The topological polar surface area (TPSA) is 3.24 Å². The second kappa shape index (κ2) is 10.3. The van der Waals surface area contributed by atoms with E-state index in [4.69, 9.17) is 0 Å². The maximum atomic E-state index is 2.37. The number of nitrogens with zero attached hydrogens (tertiary/aromatic N) is 1. The van der Waals surface area contributed by atoms with Crippen molar-refractivity contribution in [2.45, 2.75) is 19.3 Å². The van der Waals surface area contributed by atoms with Crippen molar-refractivity contribution in [1.29, 1.82) is 0 Å². The van der Waals surface area contributed by atoms with Gasteiger partial charge in [0.05, 0.1) is 0 Å². The predicted molar refractivity (Wildman–Crippen MR) is 187 cm³/mol. The van der Waals surface area contributed by atoms with Gasteiger partial charge in [0.25, 0.3) is 0 Å². The molecule has 0 bridgehead atoms. The quantitative estimate of drug-likeness (QED) is 0.137. The Morgan fingerprint density at radius 1 is 0.465 bits per heavy atom. The summed E-state index contributed by atoms with van der Waals surface area (Å²) in [5.74, 6) is 0. The van der Waals surface area contributed by atoms with Gasteiger partial charge in [-0.05, 0) is 5.56 Å². The first-order chi connectivity index (χ1) is 21.1. The van der Waals surface area contributed by atoms with Crippen LogP contribution in [0.4, 0.5) is 17.1 Å². The summed E-state index contributed by atoms with van der Waals surface area (Å²) in [5.41, 5.74) is 6.01. The zero-order valence-electron chi connectivity index (χ0n) is 24.3. The van der Waals surface area contributed by atoms with Crippen LogP contribution in [0.1, 0.15) is 25.0 Å². The Balaban J connectivity index is 1.27. The van der Waals surface area contributed by atoms with Gasteiger partial charge in [0.15, 0.2) is 0 Å². The van der Waals surface area contributed by atoms with Crippen molar-refractivity contribution in [1.82, 2.24) is 0 Å². The maximum absolute atomic E-state index is 2.37. The molecule has 206 valence electrons. The van der Waals surface area contributed by atoms with Crippen molar-refractivity contribution in [3.8, 4) is 0 Å². The van der Waals surface area contributed by atoms with Crippen molar-refractivity contribution in [3.05, 3.63) is 163 Å². The van der Waals surface area contributed by atoms with E-state index in [1.807, 2.05) is 0 Å². The van der Waals surface area contributed by atoms with Crippen LogP contribution in [0, 0.1) is 0 Å². The molecule has 0 saturated heterocycles. The van der Waals surface area contributed by atoms with Gasteiger partial charge < -0.3 is 0 Å². The number of fused-ring (bicyclic) bond motifs is 7. The van der Waals surface area contributed by atoms with Gasteiger partial charge in [-0.3, -0.25) is 0 Å². The molecule has 0 aliphatic rings. The van der Waals surface area contributed by atoms with E-state index in [9.17, 15) is 0 Å². The zero-order valence-corrected chi connectivity index (χ0v) is 26.0. The van der Waals surface area contributed by atoms with E-state index in [1.54, 1.807) is 0 Å². The zero-order chi connectivity index (χ0) is 29.0. The fourth-order valence-corrected chi connectivity index (χ4v) is 9.20. The molecule has 1 heterocycles. The summed E-state index contributed by atoms with van der Waals surface area (Å²) in [4.78, 5) is 2.37. The first-order valence-corrected chi connectivity index (χ1v) is 16.6. The van der Waals surface area contributed by atoms with Crippen LogP contribution in [-0.2, 0) is 5.41 Å². The van der Waals surface area contributed by atoms with E-state index in [2.05, 4.69) is 170 Å². The molecule has 2 heteroatoms. The number of para-hydroxylation sites is 1. The van der Waals surface area contributed by atoms with Gasteiger partial charge in [0.1, 0.15) is 0 Å². The number of anilines is 3. The van der Waals surface area contributed by atoms with Gasteiger partial charge in [-0.2, -0.15) is 0 Å². The van der Waals surface area contributed by atoms with Gasteiger partial charge in [-0.1, -0.05) is 44.2 Å². The molecule has 8 rings (SSSR count). The minimum atomic E-state index is -0.0806. The molecule has 1 aromatic heterocycles. The molecule has 1 nitrogen and oxygen atoms in total. The average Bonchev–Trinajstić information content (AvgIpc) is 3.45. The molecule has 0 aliphatic heterocycles. The predicted octanol–water partition coefficient (Wildman–Crippen LogP) is 11.2. The second-order valence-corrected chi connectivity index (χ2v) is 14.0. The summed E-state index contributed by atoms with van der Waals surface area (Å²) in [7, 11) is 0. The average molecular weight is 617 g/mol. The summed E-state index contributed by atoms with van der Waals surface area (Å²) in [6.45, 7) is 4.60. The summed E-state index contributed by atoms with van der Waals surface area (Å²) in [6.07, 6.45) is 0. The summed E-state index contributed by atoms with van der Waals surface area (Å²) in [6, 6.07) is 55.7. The molecule has 0 aliphatic carbocycles. The van der Waals surface area contributed by atoms with Crippen LogP contribution in [0.3, 0.4) is 0 Å². The molecule has 0 spiro atoms. The minimum absolute atomic E-state index is 0.0806. The fourth-order valence-electron chi connectivity index (χ4n) is 6.53. The molecular weight excluding hydrogens is 585 g/mol. The molecule has 8 aromatic rings. The van der Waals surface area contributed by atoms with Crippen LogP contribution in [-0.4, -0.2) is 14.5 Å². The van der Waals surface area contributed by atoms with Crippen LogP contribution in [0.25, 0.3) is 40.8 Å². The monoisotopic (exact) mass is 617 g/mol. The van der Waals surface area contributed by atoms with E-state index >= 15 is 0 Å². The van der Waals surface area contributed by atoms with E-state index in [1.165, 1.54) is 52.0 Å². The van der Waals surface area contributed by atoms with Gasteiger partial charge in [0.2, 0.25) is 0 Å². The Kier molecular flexibility index (Phi) is 6.22. The van der Waals surface area contributed by atoms with Crippen LogP contribution in [0.5, 0.6) is 0 Å². The van der Waals surface area contributed by atoms with Crippen molar-refractivity contribution in [2.24, 2.45) is 0 Å². The summed E-state index contributed by atoms with van der Waals surface area (Å²) < 4.78 is 3.00. The van der Waals surface area contributed by atoms with Crippen LogP contribution >= 0.6 is 0 Å². The Hall–Kier alpha value is -4.62. The molecule has 0 N–H and O–H groups in total. The van der Waals surface area contributed by atoms with Crippen LogP contribution < -0.4 is 4.90 Å². The van der Waals surface area contributed by atoms with E-state index in [0.717, 1.165) is 17.1 Å². The summed E-state index contributed by atoms with van der Waals surface area (Å²) in [5, 5.41) is 8.15. The normalized spacial score (nSPS) is 12.0. The third-order valence-corrected chi connectivity index (χ3v) is 11.5. The molecule has 0 unspecified atom stereocenters. The molecule has 0 radical (unpaired) electrons. The van der Waals surface area contributed by atoms with Gasteiger partial charge >= 0.3 is 210 Å². The van der Waals surface area contributed by atoms with Crippen molar-refractivity contribution < 1.29 is 0 Å². The number of benzene rings is 7.